The molecular formula is C17H23N3. The van der Waals surface area contributed by atoms with Crippen LogP contribution in [0.5, 0.6) is 0 Å². The molecule has 1 aliphatic carbocycles. The van der Waals surface area contributed by atoms with Gasteiger partial charge in [-0.3, -0.25) is 0 Å². The van der Waals surface area contributed by atoms with Crippen LogP contribution in [0.25, 0.3) is 0 Å². The quantitative estimate of drug-likeness (QED) is 0.675. The van der Waals surface area contributed by atoms with Gasteiger partial charge in [-0.05, 0) is 49.1 Å². The molecule has 3 heteroatoms. The largest absolute Gasteiger partial charge is 0.196 e. The highest BCUT2D eigenvalue weighted by atomic mass is 15.2. The Morgan fingerprint density at radius 1 is 1.15 bits per heavy atom. The van der Waals surface area contributed by atoms with Gasteiger partial charge < -0.3 is 0 Å². The van der Waals surface area contributed by atoms with Gasteiger partial charge in [0.25, 0.3) is 0 Å². The lowest BCUT2D eigenvalue weighted by molar-refractivity contribution is 0.152. The fourth-order valence-electron chi connectivity index (χ4n) is 2.84. The van der Waals surface area contributed by atoms with Crippen molar-refractivity contribution in [2.45, 2.75) is 52.0 Å². The van der Waals surface area contributed by atoms with E-state index in [9.17, 15) is 5.26 Å². The van der Waals surface area contributed by atoms with Crippen molar-refractivity contribution in [1.82, 2.24) is 0 Å². The van der Waals surface area contributed by atoms with Crippen LogP contribution in [0.1, 0.15) is 46.5 Å². The average Bonchev–Trinajstić information content (AvgIpc) is 2.46. The van der Waals surface area contributed by atoms with E-state index in [1.807, 2.05) is 30.3 Å². The van der Waals surface area contributed by atoms with E-state index in [4.69, 9.17) is 0 Å². The van der Waals surface area contributed by atoms with Gasteiger partial charge in [0, 0.05) is 0 Å². The van der Waals surface area contributed by atoms with E-state index >= 15 is 0 Å². The van der Waals surface area contributed by atoms with E-state index in [2.05, 4.69) is 37.1 Å². The minimum atomic E-state index is -0.614. The molecule has 1 saturated carbocycles. The molecular weight excluding hydrogens is 246 g/mol. The van der Waals surface area contributed by atoms with Crippen molar-refractivity contribution in [3.8, 4) is 6.07 Å². The van der Waals surface area contributed by atoms with Crippen LogP contribution in [0.3, 0.4) is 0 Å². The van der Waals surface area contributed by atoms with Gasteiger partial charge in [-0.25, -0.2) is 0 Å². The first-order chi connectivity index (χ1) is 9.45. The summed E-state index contributed by atoms with van der Waals surface area (Å²) in [7, 11) is 0. The summed E-state index contributed by atoms with van der Waals surface area (Å²) in [4.78, 5) is 0. The number of benzene rings is 1. The first-order valence-electron chi connectivity index (χ1n) is 7.34. The molecule has 0 heterocycles. The van der Waals surface area contributed by atoms with Crippen LogP contribution < -0.4 is 0 Å². The van der Waals surface area contributed by atoms with Crippen LogP contribution in [0, 0.1) is 22.7 Å². The van der Waals surface area contributed by atoms with Crippen LogP contribution in [0.15, 0.2) is 40.6 Å². The molecule has 106 valence electrons. The summed E-state index contributed by atoms with van der Waals surface area (Å²) in [5, 5.41) is 18.2. The second-order valence-corrected chi connectivity index (χ2v) is 6.82. The fourth-order valence-corrected chi connectivity index (χ4v) is 2.84. The zero-order chi connectivity index (χ0) is 14.6. The Morgan fingerprint density at radius 2 is 1.75 bits per heavy atom. The van der Waals surface area contributed by atoms with Crippen molar-refractivity contribution < 1.29 is 0 Å². The molecule has 1 aliphatic rings. The Kier molecular flexibility index (Phi) is 4.23. The summed E-state index contributed by atoms with van der Waals surface area (Å²) in [6.07, 6.45) is 3.76. The molecule has 20 heavy (non-hydrogen) atoms. The van der Waals surface area contributed by atoms with E-state index in [-0.39, 0.29) is 0 Å². The highest BCUT2D eigenvalue weighted by molar-refractivity contribution is 5.35. The smallest absolute Gasteiger partial charge is 0.167 e. The van der Waals surface area contributed by atoms with Gasteiger partial charge in [-0.2, -0.15) is 15.5 Å². The predicted molar refractivity (Wildman–Crippen MR) is 80.7 cm³/mol. The van der Waals surface area contributed by atoms with E-state index in [1.54, 1.807) is 0 Å². The molecule has 0 atom stereocenters. The zero-order valence-electron chi connectivity index (χ0n) is 12.6. The first kappa shape index (κ1) is 14.7. The Bertz CT molecular complexity index is 497. The number of nitriles is 1. The Morgan fingerprint density at radius 3 is 2.25 bits per heavy atom. The standard InChI is InChI=1S/C17H23N3/c1-16(2,3)14-9-11-17(13-18,12-10-14)20-19-15-7-5-4-6-8-15/h4-8,14H,9-12H2,1-3H3. The number of hydrogen-bond donors (Lipinski definition) is 0. The lowest BCUT2D eigenvalue weighted by atomic mass is 9.68. The second-order valence-electron chi connectivity index (χ2n) is 6.82. The van der Waals surface area contributed by atoms with Crippen molar-refractivity contribution in [3.05, 3.63) is 30.3 Å². The number of nitrogens with zero attached hydrogens (tertiary/aromatic N) is 3. The predicted octanol–water partition coefficient (Wildman–Crippen LogP) is 5.27. The molecule has 0 N–H and O–H groups in total. The van der Waals surface area contributed by atoms with E-state index < -0.39 is 5.54 Å². The second kappa shape index (κ2) is 5.75. The summed E-state index contributed by atoms with van der Waals surface area (Å²) >= 11 is 0. The van der Waals surface area contributed by atoms with Gasteiger partial charge in [0.15, 0.2) is 5.54 Å². The molecule has 1 aromatic rings. The van der Waals surface area contributed by atoms with Gasteiger partial charge in [0.05, 0.1) is 11.8 Å². The normalized spacial score (nSPS) is 27.4. The van der Waals surface area contributed by atoms with Crippen LogP contribution >= 0.6 is 0 Å². The molecule has 0 aromatic heterocycles. The van der Waals surface area contributed by atoms with E-state index in [0.29, 0.717) is 11.3 Å². The topological polar surface area (TPSA) is 48.5 Å². The third kappa shape index (κ3) is 3.45. The van der Waals surface area contributed by atoms with Crippen molar-refractivity contribution in [3.63, 3.8) is 0 Å². The molecule has 0 spiro atoms. The Balaban J connectivity index is 2.07. The molecule has 0 amide bonds. The van der Waals surface area contributed by atoms with Crippen molar-refractivity contribution in [2.24, 2.45) is 21.6 Å². The summed E-state index contributed by atoms with van der Waals surface area (Å²) in [6.45, 7) is 6.84. The number of hydrogen-bond acceptors (Lipinski definition) is 3. The fraction of sp³-hybridized carbons (Fsp3) is 0.588. The molecule has 1 fully saturated rings. The minimum absolute atomic E-state index is 0.318. The van der Waals surface area contributed by atoms with Crippen LogP contribution in [-0.4, -0.2) is 5.54 Å². The van der Waals surface area contributed by atoms with Gasteiger partial charge in [0.2, 0.25) is 0 Å². The zero-order valence-corrected chi connectivity index (χ0v) is 12.6. The molecule has 0 unspecified atom stereocenters. The third-order valence-corrected chi connectivity index (χ3v) is 4.36. The summed E-state index contributed by atoms with van der Waals surface area (Å²) in [5.41, 5.74) is 0.524. The molecule has 1 aromatic carbocycles. The lowest BCUT2D eigenvalue weighted by Crippen LogP contribution is -2.34. The first-order valence-corrected chi connectivity index (χ1v) is 7.34. The maximum Gasteiger partial charge on any atom is 0.167 e. The summed E-state index contributed by atoms with van der Waals surface area (Å²) in [6, 6.07) is 12.0. The maximum atomic E-state index is 9.50. The third-order valence-electron chi connectivity index (χ3n) is 4.36. The van der Waals surface area contributed by atoms with Gasteiger partial charge in [-0.15, -0.1) is 0 Å². The Hall–Kier alpha value is -1.69. The van der Waals surface area contributed by atoms with Crippen molar-refractivity contribution in [2.75, 3.05) is 0 Å². The summed E-state index contributed by atoms with van der Waals surface area (Å²) < 4.78 is 0. The maximum absolute atomic E-state index is 9.50. The minimum Gasteiger partial charge on any atom is -0.196 e. The molecule has 3 nitrogen and oxygen atoms in total. The van der Waals surface area contributed by atoms with E-state index in [0.717, 1.165) is 31.4 Å². The highest BCUT2D eigenvalue weighted by Crippen LogP contribution is 2.43. The Labute approximate surface area is 121 Å². The van der Waals surface area contributed by atoms with E-state index in [1.165, 1.54) is 0 Å². The summed E-state index contributed by atoms with van der Waals surface area (Å²) in [5.74, 6) is 0.677. The number of rotatable bonds is 2. The van der Waals surface area contributed by atoms with Gasteiger partial charge in [-0.1, -0.05) is 39.0 Å². The van der Waals surface area contributed by atoms with Crippen molar-refractivity contribution >= 4 is 5.69 Å². The molecule has 0 saturated heterocycles. The molecule has 0 aliphatic heterocycles. The average molecular weight is 269 g/mol. The van der Waals surface area contributed by atoms with Crippen LogP contribution in [0.4, 0.5) is 5.69 Å². The molecule has 2 rings (SSSR count). The lowest BCUT2D eigenvalue weighted by Gasteiger charge is -2.38. The SMILES string of the molecule is CC(C)(C)C1CCC(C#N)(N=Nc2ccccc2)CC1. The monoisotopic (exact) mass is 269 g/mol. The van der Waals surface area contributed by atoms with Gasteiger partial charge in [0.1, 0.15) is 0 Å². The molecule has 0 radical (unpaired) electrons. The van der Waals surface area contributed by atoms with Crippen LogP contribution in [-0.2, 0) is 0 Å². The van der Waals surface area contributed by atoms with Gasteiger partial charge >= 0.3 is 0 Å². The van der Waals surface area contributed by atoms with Crippen LogP contribution in [0.2, 0.25) is 0 Å². The van der Waals surface area contributed by atoms with Crippen molar-refractivity contribution in [1.29, 1.82) is 5.26 Å². The molecule has 0 bridgehead atoms. The number of azo groups is 1. The highest BCUT2D eigenvalue weighted by Gasteiger charge is 2.39.